The fourth-order valence-corrected chi connectivity index (χ4v) is 3.29. The van der Waals surface area contributed by atoms with Gasteiger partial charge in [0.15, 0.2) is 0 Å². The molecule has 1 aliphatic carbocycles. The van der Waals surface area contributed by atoms with Gasteiger partial charge in [0.05, 0.1) is 5.75 Å². The number of halogens is 1. The molecule has 1 aliphatic rings. The maximum Gasteiger partial charge on any atom is 0.212 e. The smallest absolute Gasteiger partial charge is 0.212 e. The molecular formula is C12H16ClNO2S. The fraction of sp³-hybridized carbons (Fsp3) is 0.500. The van der Waals surface area contributed by atoms with E-state index in [2.05, 4.69) is 4.72 Å². The number of sulfonamides is 1. The van der Waals surface area contributed by atoms with Crippen molar-refractivity contribution in [2.75, 3.05) is 5.75 Å². The third-order valence-corrected chi connectivity index (χ3v) is 4.60. The summed E-state index contributed by atoms with van der Waals surface area (Å²) in [5.41, 5.74) is 1.95. The summed E-state index contributed by atoms with van der Waals surface area (Å²) >= 11 is 5.73. The van der Waals surface area contributed by atoms with Gasteiger partial charge in [-0.05, 0) is 29.9 Å². The van der Waals surface area contributed by atoms with E-state index in [4.69, 9.17) is 11.6 Å². The van der Waals surface area contributed by atoms with Gasteiger partial charge in [0.1, 0.15) is 0 Å². The highest BCUT2D eigenvalue weighted by molar-refractivity contribution is 7.89. The minimum absolute atomic E-state index is 0.266. The van der Waals surface area contributed by atoms with E-state index in [9.17, 15) is 8.42 Å². The molecule has 1 saturated carbocycles. The summed E-state index contributed by atoms with van der Waals surface area (Å²) < 4.78 is 26.0. The van der Waals surface area contributed by atoms with E-state index in [1.54, 1.807) is 0 Å². The number of nitrogens with one attached hydrogen (secondary N) is 1. The average Bonchev–Trinajstić information content (AvgIpc) is 3.10. The van der Waals surface area contributed by atoms with Crippen LogP contribution in [-0.4, -0.2) is 14.2 Å². The largest absolute Gasteiger partial charge is 0.212 e. The second-order valence-electron chi connectivity index (χ2n) is 4.50. The van der Waals surface area contributed by atoms with Crippen LogP contribution in [0.5, 0.6) is 0 Å². The zero-order chi connectivity index (χ0) is 12.3. The standard InChI is InChI=1S/C12H16ClNO2S/c13-7-11-2-1-3-12(6-11)8-14-17(15,16)9-10-4-5-10/h1-3,6,10,14H,4-5,7-9H2. The van der Waals surface area contributed by atoms with E-state index in [0.29, 0.717) is 18.3 Å². The lowest BCUT2D eigenvalue weighted by molar-refractivity contribution is 0.577. The Morgan fingerprint density at radius 1 is 1.29 bits per heavy atom. The molecule has 5 heteroatoms. The van der Waals surface area contributed by atoms with Gasteiger partial charge in [0.25, 0.3) is 0 Å². The summed E-state index contributed by atoms with van der Waals surface area (Å²) in [6.07, 6.45) is 2.09. The molecular weight excluding hydrogens is 258 g/mol. The topological polar surface area (TPSA) is 46.2 Å². The summed E-state index contributed by atoms with van der Waals surface area (Å²) in [7, 11) is -3.12. The van der Waals surface area contributed by atoms with Gasteiger partial charge in [-0.25, -0.2) is 13.1 Å². The Labute approximate surface area is 107 Å². The van der Waals surface area contributed by atoms with E-state index in [-0.39, 0.29) is 5.75 Å². The number of hydrogen-bond acceptors (Lipinski definition) is 2. The monoisotopic (exact) mass is 273 g/mol. The molecule has 1 N–H and O–H groups in total. The van der Waals surface area contributed by atoms with Gasteiger partial charge in [0, 0.05) is 12.4 Å². The third kappa shape index (κ3) is 4.30. The van der Waals surface area contributed by atoms with Crippen LogP contribution >= 0.6 is 11.6 Å². The van der Waals surface area contributed by atoms with Crippen LogP contribution in [0, 0.1) is 5.92 Å². The van der Waals surface area contributed by atoms with Crippen LogP contribution in [0.1, 0.15) is 24.0 Å². The minimum atomic E-state index is -3.12. The first-order valence-corrected chi connectivity index (χ1v) is 7.89. The van der Waals surface area contributed by atoms with Crippen LogP contribution in [-0.2, 0) is 22.4 Å². The number of benzene rings is 1. The highest BCUT2D eigenvalue weighted by Crippen LogP contribution is 2.29. The van der Waals surface area contributed by atoms with Crippen LogP contribution in [0.15, 0.2) is 24.3 Å². The zero-order valence-electron chi connectivity index (χ0n) is 9.52. The second kappa shape index (κ2) is 5.38. The van der Waals surface area contributed by atoms with Crippen molar-refractivity contribution in [3.8, 4) is 0 Å². The molecule has 0 aromatic heterocycles. The molecule has 0 aliphatic heterocycles. The lowest BCUT2D eigenvalue weighted by Crippen LogP contribution is -2.26. The Morgan fingerprint density at radius 3 is 2.65 bits per heavy atom. The normalized spacial score (nSPS) is 16.1. The lowest BCUT2D eigenvalue weighted by atomic mass is 10.1. The predicted molar refractivity (Wildman–Crippen MR) is 69.3 cm³/mol. The molecule has 17 heavy (non-hydrogen) atoms. The molecule has 94 valence electrons. The van der Waals surface area contributed by atoms with Gasteiger partial charge in [-0.15, -0.1) is 11.6 Å². The minimum Gasteiger partial charge on any atom is -0.212 e. The lowest BCUT2D eigenvalue weighted by Gasteiger charge is -2.07. The molecule has 0 amide bonds. The highest BCUT2D eigenvalue weighted by Gasteiger charge is 2.27. The van der Waals surface area contributed by atoms with Crippen molar-refractivity contribution in [3.05, 3.63) is 35.4 Å². The third-order valence-electron chi connectivity index (χ3n) is 2.79. The van der Waals surface area contributed by atoms with Gasteiger partial charge in [-0.2, -0.15) is 0 Å². The van der Waals surface area contributed by atoms with E-state index >= 15 is 0 Å². The van der Waals surface area contributed by atoms with Crippen LogP contribution in [0.4, 0.5) is 0 Å². The molecule has 0 heterocycles. The van der Waals surface area contributed by atoms with Crippen molar-refractivity contribution < 1.29 is 8.42 Å². The molecule has 0 saturated heterocycles. The molecule has 2 rings (SSSR count). The Hall–Kier alpha value is -0.580. The first kappa shape index (κ1) is 12.9. The van der Waals surface area contributed by atoms with Crippen molar-refractivity contribution in [1.82, 2.24) is 4.72 Å². The summed E-state index contributed by atoms with van der Waals surface area (Å²) in [5, 5.41) is 0. The summed E-state index contributed by atoms with van der Waals surface area (Å²) in [5.74, 6) is 1.09. The molecule has 0 bridgehead atoms. The Bertz CT molecular complexity index is 483. The first-order valence-electron chi connectivity index (χ1n) is 5.70. The molecule has 0 unspecified atom stereocenters. The van der Waals surface area contributed by atoms with Crippen molar-refractivity contribution in [1.29, 1.82) is 0 Å². The van der Waals surface area contributed by atoms with Crippen molar-refractivity contribution in [3.63, 3.8) is 0 Å². The maximum absolute atomic E-state index is 11.7. The van der Waals surface area contributed by atoms with Crippen LogP contribution in [0.3, 0.4) is 0 Å². The van der Waals surface area contributed by atoms with Crippen molar-refractivity contribution >= 4 is 21.6 Å². The predicted octanol–water partition coefficient (Wildman–Crippen LogP) is 2.25. The van der Waals surface area contributed by atoms with Crippen molar-refractivity contribution in [2.24, 2.45) is 5.92 Å². The quantitative estimate of drug-likeness (QED) is 0.808. The summed E-state index contributed by atoms with van der Waals surface area (Å²) in [6.45, 7) is 0.347. The van der Waals surface area contributed by atoms with Crippen LogP contribution in [0.2, 0.25) is 0 Å². The number of rotatable bonds is 6. The molecule has 0 spiro atoms. The fourth-order valence-electron chi connectivity index (χ4n) is 1.67. The van der Waals surface area contributed by atoms with Gasteiger partial charge in [0.2, 0.25) is 10.0 Å². The average molecular weight is 274 g/mol. The van der Waals surface area contributed by atoms with Gasteiger partial charge in [-0.1, -0.05) is 24.3 Å². The first-order chi connectivity index (χ1) is 8.09. The molecule has 0 radical (unpaired) electrons. The van der Waals surface area contributed by atoms with Gasteiger partial charge >= 0.3 is 0 Å². The van der Waals surface area contributed by atoms with Crippen LogP contribution in [0.25, 0.3) is 0 Å². The molecule has 1 aromatic carbocycles. The Morgan fingerprint density at radius 2 is 2.00 bits per heavy atom. The highest BCUT2D eigenvalue weighted by atomic mass is 35.5. The Balaban J connectivity index is 1.91. The summed E-state index contributed by atoms with van der Waals surface area (Å²) in [4.78, 5) is 0. The van der Waals surface area contributed by atoms with Gasteiger partial charge in [-0.3, -0.25) is 0 Å². The van der Waals surface area contributed by atoms with Gasteiger partial charge < -0.3 is 0 Å². The van der Waals surface area contributed by atoms with Crippen LogP contribution < -0.4 is 4.72 Å². The van der Waals surface area contributed by atoms with E-state index in [0.717, 1.165) is 24.0 Å². The number of hydrogen-bond donors (Lipinski definition) is 1. The number of alkyl halides is 1. The summed E-state index contributed by atoms with van der Waals surface area (Å²) in [6, 6.07) is 7.64. The maximum atomic E-state index is 11.7. The van der Waals surface area contributed by atoms with Crippen molar-refractivity contribution in [2.45, 2.75) is 25.3 Å². The zero-order valence-corrected chi connectivity index (χ0v) is 11.1. The van der Waals surface area contributed by atoms with E-state index in [1.807, 2.05) is 24.3 Å². The van der Waals surface area contributed by atoms with E-state index < -0.39 is 10.0 Å². The molecule has 1 aromatic rings. The SMILES string of the molecule is O=S(=O)(CC1CC1)NCc1cccc(CCl)c1. The second-order valence-corrected chi connectivity index (χ2v) is 6.62. The van der Waals surface area contributed by atoms with E-state index in [1.165, 1.54) is 0 Å². The molecule has 1 fully saturated rings. The Kier molecular flexibility index (Phi) is 4.07. The molecule has 0 atom stereocenters. The molecule has 3 nitrogen and oxygen atoms in total.